The number of furan rings is 1. The Morgan fingerprint density at radius 3 is 1.49 bits per heavy atom. The summed E-state index contributed by atoms with van der Waals surface area (Å²) in [5.74, 6) is 0. The second-order valence-electron chi connectivity index (χ2n) is 22.1. The van der Waals surface area contributed by atoms with Gasteiger partial charge in [-0.15, -0.1) is 0 Å². The van der Waals surface area contributed by atoms with Gasteiger partial charge in [-0.2, -0.15) is 0 Å². The van der Waals surface area contributed by atoms with Crippen LogP contribution in [0.25, 0.3) is 76.9 Å². The van der Waals surface area contributed by atoms with Gasteiger partial charge in [0.25, 0.3) is 0 Å². The second kappa shape index (κ2) is 16.8. The van der Waals surface area contributed by atoms with Crippen LogP contribution in [0.4, 0.5) is 17.1 Å². The minimum absolute atomic E-state index is 0.0213. The predicted octanol–water partition coefficient (Wildman–Crippen LogP) is 19.7. The second-order valence-corrected chi connectivity index (χ2v) is 22.1. The van der Waals surface area contributed by atoms with Gasteiger partial charge in [-0.1, -0.05) is 217 Å². The molecular weight excluding hydrogens is 883 g/mol. The lowest BCUT2D eigenvalue weighted by molar-refractivity contribution is 0.588. The van der Waals surface area contributed by atoms with E-state index in [-0.39, 0.29) is 10.8 Å². The normalized spacial score (nSPS) is 13.2. The quantitative estimate of drug-likeness (QED) is 0.158. The molecule has 0 bridgehead atoms. The summed E-state index contributed by atoms with van der Waals surface area (Å²) in [4.78, 5) is 2.47. The number of fused-ring (bicyclic) bond motifs is 8. The zero-order valence-corrected chi connectivity index (χ0v) is 42.4. The highest BCUT2D eigenvalue weighted by Crippen LogP contribution is 2.60. The molecule has 0 radical (unpaired) electrons. The molecular formula is C71H57NO. The van der Waals surface area contributed by atoms with Crippen LogP contribution >= 0.6 is 0 Å². The molecule has 1 aromatic heterocycles. The fourth-order valence-corrected chi connectivity index (χ4v) is 11.8. The van der Waals surface area contributed by atoms with Gasteiger partial charge < -0.3 is 9.32 Å². The van der Waals surface area contributed by atoms with E-state index in [4.69, 9.17) is 4.42 Å². The van der Waals surface area contributed by atoms with Crippen LogP contribution in [0.5, 0.6) is 0 Å². The van der Waals surface area contributed by atoms with Crippen molar-refractivity contribution in [3.8, 4) is 33.4 Å². The maximum Gasteiger partial charge on any atom is 0.135 e. The van der Waals surface area contributed by atoms with Crippen LogP contribution in [0.3, 0.4) is 0 Å². The van der Waals surface area contributed by atoms with Crippen molar-refractivity contribution in [3.63, 3.8) is 0 Å². The molecule has 352 valence electrons. The fourth-order valence-electron chi connectivity index (χ4n) is 11.8. The van der Waals surface area contributed by atoms with Crippen LogP contribution in [0.15, 0.2) is 241 Å². The Morgan fingerprint density at radius 2 is 0.849 bits per heavy atom. The van der Waals surface area contributed by atoms with E-state index in [0.29, 0.717) is 0 Å². The summed E-state index contributed by atoms with van der Waals surface area (Å²) in [5, 5.41) is 7.16. The van der Waals surface area contributed by atoms with Crippen LogP contribution in [0, 0.1) is 0 Å². The third-order valence-electron chi connectivity index (χ3n) is 15.7. The van der Waals surface area contributed by atoms with E-state index in [1.165, 1.54) is 88.3 Å². The highest BCUT2D eigenvalue weighted by molar-refractivity contribution is 6.07. The van der Waals surface area contributed by atoms with Gasteiger partial charge in [0.2, 0.25) is 0 Å². The van der Waals surface area contributed by atoms with Gasteiger partial charge in [0, 0.05) is 27.7 Å². The maximum absolute atomic E-state index is 6.42. The molecule has 2 nitrogen and oxygen atoms in total. The summed E-state index contributed by atoms with van der Waals surface area (Å²) in [6.45, 7) is 13.8. The van der Waals surface area contributed by atoms with Crippen molar-refractivity contribution in [2.24, 2.45) is 0 Å². The molecule has 0 aliphatic heterocycles. The number of nitrogens with zero attached hydrogens (tertiary/aromatic N) is 1. The maximum atomic E-state index is 6.42. The molecule has 1 aliphatic carbocycles. The van der Waals surface area contributed by atoms with Crippen LogP contribution in [0.2, 0.25) is 0 Å². The molecule has 73 heavy (non-hydrogen) atoms. The first kappa shape index (κ1) is 44.5. The molecule has 13 rings (SSSR count). The van der Waals surface area contributed by atoms with Crippen molar-refractivity contribution in [2.75, 3.05) is 4.90 Å². The SMILES string of the molecule is CC(C)(C)c1ccc(C2(c3ccc(C(C)(C)C)cc3)c3ccccc3-c3c(N(c4ccc(-c5ccc6cc(-c7ccc8ccccc8c7)ccc6c5)cc4)c4ccc5oc6ccccc6c5c4)cccc32)cc1. The predicted molar refractivity (Wildman–Crippen MR) is 309 cm³/mol. The lowest BCUT2D eigenvalue weighted by Crippen LogP contribution is -2.29. The van der Waals surface area contributed by atoms with Crippen molar-refractivity contribution in [1.29, 1.82) is 0 Å². The van der Waals surface area contributed by atoms with Crippen LogP contribution in [-0.4, -0.2) is 0 Å². The van der Waals surface area contributed by atoms with Crippen molar-refractivity contribution < 1.29 is 4.42 Å². The van der Waals surface area contributed by atoms with Crippen LogP contribution in [-0.2, 0) is 16.2 Å². The summed E-state index contributed by atoms with van der Waals surface area (Å²) in [6, 6.07) is 88.3. The number of anilines is 3. The largest absolute Gasteiger partial charge is 0.456 e. The van der Waals surface area contributed by atoms with E-state index >= 15 is 0 Å². The van der Waals surface area contributed by atoms with Gasteiger partial charge in [-0.05, 0) is 154 Å². The van der Waals surface area contributed by atoms with E-state index in [1.54, 1.807) is 0 Å². The third-order valence-corrected chi connectivity index (χ3v) is 15.7. The highest BCUT2D eigenvalue weighted by atomic mass is 16.3. The van der Waals surface area contributed by atoms with E-state index in [9.17, 15) is 0 Å². The fraction of sp³-hybridized carbons (Fsp3) is 0.127. The number of hydrogen-bond acceptors (Lipinski definition) is 2. The first-order valence-electron chi connectivity index (χ1n) is 25.7. The molecule has 2 heteroatoms. The molecule has 0 amide bonds. The molecule has 0 unspecified atom stereocenters. The van der Waals surface area contributed by atoms with Gasteiger partial charge in [0.05, 0.1) is 11.1 Å². The molecule has 0 saturated heterocycles. The Morgan fingerprint density at radius 1 is 0.356 bits per heavy atom. The molecule has 1 aliphatic rings. The molecule has 12 aromatic rings. The summed E-state index contributed by atoms with van der Waals surface area (Å²) < 4.78 is 6.42. The highest BCUT2D eigenvalue weighted by Gasteiger charge is 2.47. The van der Waals surface area contributed by atoms with E-state index in [2.05, 4.69) is 277 Å². The third kappa shape index (κ3) is 7.38. The standard InChI is InChI=1S/C71H57NO/c1-69(2,3)54-30-34-56(35-31-54)71(57-36-32-55(33-37-57)70(4,5)6)63-18-11-9-17-61(63)68-64(71)19-13-20-65(68)72(59-40-41-67-62(45-59)60-16-10-12-21-66(60)73-67)58-38-28-47(29-39-58)49-24-25-52-44-53(27-26-51(52)43-49)50-23-22-46-14-7-8-15-48(46)42-50/h7-45H,1-6H3. The van der Waals surface area contributed by atoms with Gasteiger partial charge in [0.15, 0.2) is 0 Å². The Balaban J connectivity index is 0.976. The average Bonchev–Trinajstić information content (AvgIpc) is 3.95. The van der Waals surface area contributed by atoms with Crippen molar-refractivity contribution in [2.45, 2.75) is 57.8 Å². The Labute approximate surface area is 428 Å². The Hall–Kier alpha value is -8.46. The average molecular weight is 940 g/mol. The van der Waals surface area contributed by atoms with E-state index in [0.717, 1.165) is 39.0 Å². The van der Waals surface area contributed by atoms with Crippen molar-refractivity contribution in [3.05, 3.63) is 270 Å². The zero-order chi connectivity index (χ0) is 49.6. The van der Waals surface area contributed by atoms with E-state index in [1.807, 2.05) is 6.07 Å². The zero-order valence-electron chi connectivity index (χ0n) is 42.4. The van der Waals surface area contributed by atoms with Crippen molar-refractivity contribution >= 4 is 60.5 Å². The van der Waals surface area contributed by atoms with Gasteiger partial charge in [0.1, 0.15) is 11.2 Å². The topological polar surface area (TPSA) is 16.4 Å². The first-order chi connectivity index (χ1) is 35.4. The molecule has 1 heterocycles. The lowest BCUT2D eigenvalue weighted by Gasteiger charge is -2.35. The Kier molecular flexibility index (Phi) is 10.3. The summed E-state index contributed by atoms with van der Waals surface area (Å²) in [7, 11) is 0. The van der Waals surface area contributed by atoms with Crippen molar-refractivity contribution in [1.82, 2.24) is 0 Å². The molecule has 0 spiro atoms. The number of rotatable bonds is 7. The van der Waals surface area contributed by atoms with Crippen LogP contribution < -0.4 is 4.90 Å². The molecule has 0 saturated carbocycles. The monoisotopic (exact) mass is 939 g/mol. The molecule has 0 fully saturated rings. The smallest absolute Gasteiger partial charge is 0.135 e. The minimum Gasteiger partial charge on any atom is -0.456 e. The lowest BCUT2D eigenvalue weighted by atomic mass is 9.67. The van der Waals surface area contributed by atoms with Crippen LogP contribution in [0.1, 0.15) is 74.9 Å². The molecule has 0 N–H and O–H groups in total. The summed E-state index contributed by atoms with van der Waals surface area (Å²) in [6.07, 6.45) is 0. The first-order valence-corrected chi connectivity index (χ1v) is 25.7. The van der Waals surface area contributed by atoms with E-state index < -0.39 is 5.41 Å². The van der Waals surface area contributed by atoms with Gasteiger partial charge >= 0.3 is 0 Å². The van der Waals surface area contributed by atoms with Gasteiger partial charge in [-0.3, -0.25) is 0 Å². The number of para-hydroxylation sites is 1. The summed E-state index contributed by atoms with van der Waals surface area (Å²) >= 11 is 0. The number of hydrogen-bond donors (Lipinski definition) is 0. The summed E-state index contributed by atoms with van der Waals surface area (Å²) in [5.41, 5.74) is 19.5. The molecule has 0 atom stereocenters. The minimum atomic E-state index is -0.582. The Bertz CT molecular complexity index is 4030. The number of benzene rings is 11. The molecule has 11 aromatic carbocycles. The van der Waals surface area contributed by atoms with Gasteiger partial charge in [-0.25, -0.2) is 0 Å².